The third-order valence-electron chi connectivity index (χ3n) is 7.73. The number of nitrogens with one attached hydrogen (secondary N) is 1. The molecule has 0 saturated carbocycles. The molecule has 1 amide bonds. The lowest BCUT2D eigenvalue weighted by atomic mass is 9.91. The van der Waals surface area contributed by atoms with Gasteiger partial charge in [0, 0.05) is 42.1 Å². The van der Waals surface area contributed by atoms with Crippen LogP contribution in [0.1, 0.15) is 54.2 Å². The molecule has 1 atom stereocenters. The van der Waals surface area contributed by atoms with E-state index in [0.717, 1.165) is 80.6 Å². The van der Waals surface area contributed by atoms with Crippen LogP contribution in [0.3, 0.4) is 0 Å². The van der Waals surface area contributed by atoms with Crippen LogP contribution in [0.15, 0.2) is 59.1 Å². The number of piperidine rings is 1. The van der Waals surface area contributed by atoms with Crippen LogP contribution in [-0.2, 0) is 0 Å². The normalized spacial score (nSPS) is 18.8. The summed E-state index contributed by atoms with van der Waals surface area (Å²) in [5, 5.41) is 12.5. The SMILES string of the molecule is Cl.O=C(c1cc(-c2ccccc2)n[nH]1)N1CCC[C@H]1CCN1CCC(c2noc3cc(F)ccc23)CC1. The quantitative estimate of drug-likeness (QED) is 0.353. The summed E-state index contributed by atoms with van der Waals surface area (Å²) in [5.41, 5.74) is 3.82. The number of amides is 1. The Morgan fingerprint density at radius 1 is 1.05 bits per heavy atom. The smallest absolute Gasteiger partial charge is 0.272 e. The van der Waals surface area contributed by atoms with Crippen molar-refractivity contribution in [2.45, 2.75) is 44.1 Å². The van der Waals surface area contributed by atoms with Gasteiger partial charge in [-0.05, 0) is 63.4 Å². The van der Waals surface area contributed by atoms with E-state index < -0.39 is 0 Å². The molecule has 0 aliphatic carbocycles. The summed E-state index contributed by atoms with van der Waals surface area (Å²) in [4.78, 5) is 17.8. The van der Waals surface area contributed by atoms with Gasteiger partial charge in [-0.2, -0.15) is 5.10 Å². The fourth-order valence-electron chi connectivity index (χ4n) is 5.73. The lowest BCUT2D eigenvalue weighted by molar-refractivity contribution is 0.0711. The molecule has 194 valence electrons. The minimum Gasteiger partial charge on any atom is -0.356 e. The number of nitrogens with zero attached hydrogens (tertiary/aromatic N) is 4. The molecule has 2 fully saturated rings. The molecule has 2 saturated heterocycles. The largest absolute Gasteiger partial charge is 0.356 e. The van der Waals surface area contributed by atoms with Gasteiger partial charge in [0.2, 0.25) is 0 Å². The third-order valence-corrected chi connectivity index (χ3v) is 7.73. The minimum atomic E-state index is -0.302. The summed E-state index contributed by atoms with van der Waals surface area (Å²) in [6.07, 6.45) is 5.06. The highest BCUT2D eigenvalue weighted by Crippen LogP contribution is 2.33. The summed E-state index contributed by atoms with van der Waals surface area (Å²) in [6, 6.07) is 16.7. The molecule has 0 unspecified atom stereocenters. The number of hydrogen-bond donors (Lipinski definition) is 1. The van der Waals surface area contributed by atoms with Crippen LogP contribution in [0.4, 0.5) is 4.39 Å². The van der Waals surface area contributed by atoms with Gasteiger partial charge in [0.1, 0.15) is 11.5 Å². The number of likely N-dealkylation sites (tertiary alicyclic amines) is 2. The standard InChI is InChI=1S/C28H30FN5O2.ClH/c29-21-8-9-23-26(17-21)36-32-27(23)20-10-14-33(15-11-20)16-12-22-7-4-13-34(22)28(35)25-18-24(30-31-25)19-5-2-1-3-6-19;/h1-3,5-6,8-9,17-18,20,22H,4,7,10-16H2,(H,30,31);1H/t22-;/m0./s1. The van der Waals surface area contributed by atoms with E-state index in [-0.39, 0.29) is 30.2 Å². The predicted molar refractivity (Wildman–Crippen MR) is 142 cm³/mol. The Bertz CT molecular complexity index is 1350. The third kappa shape index (κ3) is 5.26. The van der Waals surface area contributed by atoms with E-state index in [4.69, 9.17) is 4.52 Å². The second-order valence-corrected chi connectivity index (χ2v) is 9.94. The van der Waals surface area contributed by atoms with Crippen LogP contribution in [0.25, 0.3) is 22.2 Å². The molecule has 2 aromatic heterocycles. The Kier molecular flexibility index (Phi) is 7.58. The summed E-state index contributed by atoms with van der Waals surface area (Å²) in [5.74, 6) is 0.0700. The zero-order valence-electron chi connectivity index (χ0n) is 20.6. The zero-order chi connectivity index (χ0) is 24.5. The number of aromatic amines is 1. The molecule has 4 aromatic rings. The van der Waals surface area contributed by atoms with Crippen molar-refractivity contribution in [3.63, 3.8) is 0 Å². The Hall–Kier alpha value is -3.23. The summed E-state index contributed by atoms with van der Waals surface area (Å²) in [6.45, 7) is 3.75. The number of benzene rings is 2. The van der Waals surface area contributed by atoms with Crippen LogP contribution in [-0.4, -0.2) is 63.3 Å². The summed E-state index contributed by atoms with van der Waals surface area (Å²) in [7, 11) is 0. The molecular weight excluding hydrogens is 493 g/mol. The maximum atomic E-state index is 13.5. The van der Waals surface area contributed by atoms with Crippen molar-refractivity contribution in [1.82, 2.24) is 25.2 Å². The van der Waals surface area contributed by atoms with Gasteiger partial charge >= 0.3 is 0 Å². The number of fused-ring (bicyclic) bond motifs is 1. The topological polar surface area (TPSA) is 78.3 Å². The summed E-state index contributed by atoms with van der Waals surface area (Å²) < 4.78 is 18.8. The van der Waals surface area contributed by atoms with Crippen molar-refractivity contribution in [2.75, 3.05) is 26.2 Å². The Labute approximate surface area is 221 Å². The van der Waals surface area contributed by atoms with Crippen LogP contribution in [0, 0.1) is 5.82 Å². The van der Waals surface area contributed by atoms with Crippen molar-refractivity contribution in [3.8, 4) is 11.3 Å². The average molecular weight is 524 g/mol. The van der Waals surface area contributed by atoms with Gasteiger partial charge in [-0.3, -0.25) is 9.89 Å². The van der Waals surface area contributed by atoms with Crippen LogP contribution >= 0.6 is 12.4 Å². The Balaban J connectivity index is 0.00000280. The first-order chi connectivity index (χ1) is 17.7. The fourth-order valence-corrected chi connectivity index (χ4v) is 5.73. The number of carbonyl (C=O) groups is 1. The van der Waals surface area contributed by atoms with E-state index in [1.165, 1.54) is 12.1 Å². The van der Waals surface area contributed by atoms with Crippen molar-refractivity contribution in [2.24, 2.45) is 0 Å². The molecule has 2 aromatic carbocycles. The number of H-pyrrole nitrogens is 1. The van der Waals surface area contributed by atoms with Crippen LogP contribution in [0.2, 0.25) is 0 Å². The van der Waals surface area contributed by atoms with E-state index in [1.807, 2.05) is 41.3 Å². The van der Waals surface area contributed by atoms with E-state index in [2.05, 4.69) is 20.3 Å². The molecule has 0 radical (unpaired) electrons. The summed E-state index contributed by atoms with van der Waals surface area (Å²) >= 11 is 0. The monoisotopic (exact) mass is 523 g/mol. The first-order valence-corrected chi connectivity index (χ1v) is 12.8. The first kappa shape index (κ1) is 25.4. The highest BCUT2D eigenvalue weighted by Gasteiger charge is 2.31. The molecule has 2 aliphatic rings. The Morgan fingerprint density at radius 2 is 1.86 bits per heavy atom. The van der Waals surface area contributed by atoms with Gasteiger partial charge in [0.05, 0.1) is 11.4 Å². The zero-order valence-corrected chi connectivity index (χ0v) is 21.4. The number of halogens is 2. The van der Waals surface area contributed by atoms with Gasteiger partial charge in [-0.1, -0.05) is 35.5 Å². The molecular formula is C28H31ClFN5O2. The molecule has 0 spiro atoms. The second kappa shape index (κ2) is 11.0. The van der Waals surface area contributed by atoms with Gasteiger partial charge in [0.25, 0.3) is 5.91 Å². The van der Waals surface area contributed by atoms with Crippen molar-refractivity contribution < 1.29 is 13.7 Å². The molecule has 7 nitrogen and oxygen atoms in total. The molecule has 0 bridgehead atoms. The van der Waals surface area contributed by atoms with Gasteiger partial charge in [-0.15, -0.1) is 12.4 Å². The fraction of sp³-hybridized carbons (Fsp3) is 0.393. The van der Waals surface area contributed by atoms with E-state index in [1.54, 1.807) is 6.07 Å². The molecule has 4 heterocycles. The van der Waals surface area contributed by atoms with Crippen molar-refractivity contribution >= 4 is 29.3 Å². The first-order valence-electron chi connectivity index (χ1n) is 12.8. The molecule has 2 aliphatic heterocycles. The molecule has 1 N–H and O–H groups in total. The van der Waals surface area contributed by atoms with Gasteiger partial charge in [0.15, 0.2) is 5.58 Å². The number of hydrogen-bond acceptors (Lipinski definition) is 5. The van der Waals surface area contributed by atoms with Gasteiger partial charge < -0.3 is 14.3 Å². The molecule has 6 rings (SSSR count). The van der Waals surface area contributed by atoms with Gasteiger partial charge in [-0.25, -0.2) is 4.39 Å². The number of rotatable bonds is 6. The second-order valence-electron chi connectivity index (χ2n) is 9.94. The van der Waals surface area contributed by atoms with E-state index >= 15 is 0 Å². The number of aromatic nitrogens is 3. The maximum absolute atomic E-state index is 13.5. The van der Waals surface area contributed by atoms with Crippen LogP contribution < -0.4 is 0 Å². The number of carbonyl (C=O) groups excluding carboxylic acids is 1. The maximum Gasteiger partial charge on any atom is 0.272 e. The lowest BCUT2D eigenvalue weighted by Crippen LogP contribution is -2.40. The highest BCUT2D eigenvalue weighted by atomic mass is 35.5. The van der Waals surface area contributed by atoms with Crippen molar-refractivity contribution in [1.29, 1.82) is 0 Å². The Morgan fingerprint density at radius 3 is 2.68 bits per heavy atom. The van der Waals surface area contributed by atoms with E-state index in [0.29, 0.717) is 17.2 Å². The predicted octanol–water partition coefficient (Wildman–Crippen LogP) is 5.65. The molecule has 9 heteroatoms. The highest BCUT2D eigenvalue weighted by molar-refractivity contribution is 5.93. The van der Waals surface area contributed by atoms with Crippen LogP contribution in [0.5, 0.6) is 0 Å². The molecule has 37 heavy (non-hydrogen) atoms. The lowest BCUT2D eigenvalue weighted by Gasteiger charge is -2.33. The average Bonchev–Trinajstić information content (AvgIpc) is 3.67. The minimum absolute atomic E-state index is 0. The van der Waals surface area contributed by atoms with E-state index in [9.17, 15) is 9.18 Å². The van der Waals surface area contributed by atoms with Crippen molar-refractivity contribution in [3.05, 3.63) is 71.8 Å².